The lowest BCUT2D eigenvalue weighted by molar-refractivity contribution is 0.669. The molecular weight excluding hydrogens is 615 g/mol. The Labute approximate surface area is 287 Å². The maximum absolute atomic E-state index is 6.54. The van der Waals surface area contributed by atoms with Crippen LogP contribution in [0, 0.1) is 0 Å². The van der Waals surface area contributed by atoms with E-state index in [2.05, 4.69) is 66.7 Å². The van der Waals surface area contributed by atoms with Crippen LogP contribution in [-0.4, -0.2) is 15.0 Å². The van der Waals surface area contributed by atoms with E-state index in [4.69, 9.17) is 23.8 Å². The summed E-state index contributed by atoms with van der Waals surface area (Å²) < 4.78 is 13.0. The van der Waals surface area contributed by atoms with Crippen molar-refractivity contribution in [3.63, 3.8) is 0 Å². The summed E-state index contributed by atoms with van der Waals surface area (Å²) in [4.78, 5) is 15.0. The second kappa shape index (κ2) is 11.4. The molecule has 10 aromatic rings. The molecule has 0 aliphatic rings. The first kappa shape index (κ1) is 28.2. The van der Waals surface area contributed by atoms with Crippen LogP contribution < -0.4 is 0 Å². The summed E-state index contributed by atoms with van der Waals surface area (Å²) in [7, 11) is 0. The van der Waals surface area contributed by atoms with E-state index in [1.165, 1.54) is 0 Å². The molecule has 3 heterocycles. The van der Waals surface area contributed by atoms with Crippen LogP contribution >= 0.6 is 0 Å². The van der Waals surface area contributed by atoms with Gasteiger partial charge in [0.15, 0.2) is 17.5 Å². The molecule has 0 radical (unpaired) electrons. The van der Waals surface area contributed by atoms with Crippen molar-refractivity contribution in [3.8, 4) is 56.4 Å². The summed E-state index contributed by atoms with van der Waals surface area (Å²) in [6.07, 6.45) is 0. The van der Waals surface area contributed by atoms with E-state index in [-0.39, 0.29) is 0 Å². The Balaban J connectivity index is 1.13. The van der Waals surface area contributed by atoms with E-state index in [0.717, 1.165) is 82.8 Å². The van der Waals surface area contributed by atoms with Crippen LogP contribution in [0.15, 0.2) is 173 Å². The Hall–Kier alpha value is -6.85. The van der Waals surface area contributed by atoms with Crippen molar-refractivity contribution in [1.82, 2.24) is 15.0 Å². The summed E-state index contributed by atoms with van der Waals surface area (Å²) in [6, 6.07) is 55.7. The molecule has 0 atom stereocenters. The van der Waals surface area contributed by atoms with Crippen LogP contribution in [0.3, 0.4) is 0 Å². The number of nitrogens with zero attached hydrogens (tertiary/aromatic N) is 3. The van der Waals surface area contributed by atoms with Gasteiger partial charge in [0.25, 0.3) is 0 Å². The number of fused-ring (bicyclic) bond motifs is 6. The average molecular weight is 642 g/mol. The largest absolute Gasteiger partial charge is 0.456 e. The van der Waals surface area contributed by atoms with Gasteiger partial charge in [-0.25, -0.2) is 15.0 Å². The third-order valence-electron chi connectivity index (χ3n) is 9.35. The van der Waals surface area contributed by atoms with Crippen LogP contribution in [0.2, 0.25) is 0 Å². The zero-order valence-electron chi connectivity index (χ0n) is 26.7. The van der Waals surface area contributed by atoms with Gasteiger partial charge in [-0.05, 0) is 47.0 Å². The van der Waals surface area contributed by atoms with E-state index in [0.29, 0.717) is 17.5 Å². The second-order valence-electron chi connectivity index (χ2n) is 12.4. The Bertz CT molecular complexity index is 2870. The summed E-state index contributed by atoms with van der Waals surface area (Å²) in [6.45, 7) is 0. The molecule has 10 rings (SSSR count). The monoisotopic (exact) mass is 641 g/mol. The average Bonchev–Trinajstić information content (AvgIpc) is 3.77. The van der Waals surface area contributed by atoms with E-state index in [1.54, 1.807) is 0 Å². The molecule has 0 spiro atoms. The number of furan rings is 2. The van der Waals surface area contributed by atoms with Crippen molar-refractivity contribution in [2.75, 3.05) is 0 Å². The van der Waals surface area contributed by atoms with E-state index >= 15 is 0 Å². The quantitative estimate of drug-likeness (QED) is 0.187. The second-order valence-corrected chi connectivity index (χ2v) is 12.4. The summed E-state index contributed by atoms with van der Waals surface area (Å²) in [5.74, 6) is 1.80. The molecule has 0 aliphatic heterocycles. The lowest BCUT2D eigenvalue weighted by Gasteiger charge is -2.10. The summed E-state index contributed by atoms with van der Waals surface area (Å²) >= 11 is 0. The minimum absolute atomic E-state index is 0.577. The van der Waals surface area contributed by atoms with Gasteiger partial charge in [-0.15, -0.1) is 0 Å². The summed E-state index contributed by atoms with van der Waals surface area (Å²) in [5, 5.41) is 4.26. The number of rotatable bonds is 5. The SMILES string of the molecule is c1ccc(-c2cccc(-c3nc(-c4ccccc4)nc(-c4ccc5c(c4)oc4cccc(-c6cccc7c6oc6ccccc67)c45)n3)c2)cc1. The molecule has 0 amide bonds. The maximum atomic E-state index is 6.54. The van der Waals surface area contributed by atoms with Gasteiger partial charge in [-0.1, -0.05) is 133 Å². The van der Waals surface area contributed by atoms with Crippen molar-refractivity contribution < 1.29 is 8.83 Å². The highest BCUT2D eigenvalue weighted by atomic mass is 16.3. The minimum atomic E-state index is 0.577. The van der Waals surface area contributed by atoms with Crippen molar-refractivity contribution >= 4 is 43.9 Å². The number of benzene rings is 7. The fourth-order valence-electron chi connectivity index (χ4n) is 6.97. The zero-order valence-corrected chi connectivity index (χ0v) is 26.7. The van der Waals surface area contributed by atoms with E-state index in [9.17, 15) is 0 Å². The summed E-state index contributed by atoms with van der Waals surface area (Å²) in [5.41, 5.74) is 10.3. The fraction of sp³-hybridized carbons (Fsp3) is 0. The molecule has 0 fully saturated rings. The van der Waals surface area contributed by atoms with Crippen LogP contribution in [0.1, 0.15) is 0 Å². The predicted molar refractivity (Wildman–Crippen MR) is 202 cm³/mol. The molecule has 0 N–H and O–H groups in total. The van der Waals surface area contributed by atoms with Gasteiger partial charge in [-0.2, -0.15) is 0 Å². The molecule has 7 aromatic carbocycles. The van der Waals surface area contributed by atoms with Gasteiger partial charge in [-0.3, -0.25) is 0 Å². The molecule has 0 bridgehead atoms. The molecule has 234 valence electrons. The number of para-hydroxylation sites is 2. The smallest absolute Gasteiger partial charge is 0.164 e. The van der Waals surface area contributed by atoms with E-state index < -0.39 is 0 Å². The third-order valence-corrected chi connectivity index (χ3v) is 9.35. The molecule has 5 nitrogen and oxygen atoms in total. The highest BCUT2D eigenvalue weighted by Crippen LogP contribution is 2.42. The number of aromatic nitrogens is 3. The molecule has 50 heavy (non-hydrogen) atoms. The van der Waals surface area contributed by atoms with Crippen molar-refractivity contribution in [2.24, 2.45) is 0 Å². The topological polar surface area (TPSA) is 65.0 Å². The van der Waals surface area contributed by atoms with E-state index in [1.807, 2.05) is 97.1 Å². The zero-order chi connectivity index (χ0) is 33.0. The van der Waals surface area contributed by atoms with Crippen molar-refractivity contribution in [3.05, 3.63) is 164 Å². The lowest BCUT2D eigenvalue weighted by atomic mass is 9.97. The number of hydrogen-bond acceptors (Lipinski definition) is 5. The van der Waals surface area contributed by atoms with Gasteiger partial charge in [0.1, 0.15) is 22.3 Å². The van der Waals surface area contributed by atoms with Crippen LogP contribution in [0.5, 0.6) is 0 Å². The van der Waals surface area contributed by atoms with Gasteiger partial charge >= 0.3 is 0 Å². The minimum Gasteiger partial charge on any atom is -0.456 e. The lowest BCUT2D eigenvalue weighted by Crippen LogP contribution is -2.00. The Morgan fingerprint density at radius 3 is 1.72 bits per heavy atom. The van der Waals surface area contributed by atoms with Gasteiger partial charge in [0, 0.05) is 43.8 Å². The maximum Gasteiger partial charge on any atom is 0.164 e. The van der Waals surface area contributed by atoms with Crippen molar-refractivity contribution in [1.29, 1.82) is 0 Å². The highest BCUT2D eigenvalue weighted by Gasteiger charge is 2.19. The van der Waals surface area contributed by atoms with Crippen LogP contribution in [0.25, 0.3) is 100 Å². The first-order valence-electron chi connectivity index (χ1n) is 16.6. The standard InChI is InChI=1S/C45H27N3O2/c1-3-12-28(13-4-1)30-16-9-17-31(26-30)44-46-43(29-14-5-2-6-15-29)47-45(48-44)32-24-25-37-40(27-32)49-39-23-11-19-34(41(37)39)36-21-10-20-35-33-18-7-8-22-38(33)50-42(35)36/h1-27H. The first-order valence-corrected chi connectivity index (χ1v) is 16.6. The number of hydrogen-bond donors (Lipinski definition) is 0. The Kier molecular flexibility index (Phi) is 6.42. The highest BCUT2D eigenvalue weighted by molar-refractivity contribution is 6.17. The van der Waals surface area contributed by atoms with Gasteiger partial charge in [0.05, 0.1) is 0 Å². The Morgan fingerprint density at radius 2 is 0.900 bits per heavy atom. The van der Waals surface area contributed by atoms with Crippen molar-refractivity contribution in [2.45, 2.75) is 0 Å². The fourth-order valence-corrected chi connectivity index (χ4v) is 6.97. The first-order chi connectivity index (χ1) is 24.8. The molecule has 0 saturated carbocycles. The normalized spacial score (nSPS) is 11.6. The van der Waals surface area contributed by atoms with Crippen LogP contribution in [0.4, 0.5) is 0 Å². The molecule has 0 unspecified atom stereocenters. The molecule has 3 aromatic heterocycles. The van der Waals surface area contributed by atoms with Crippen LogP contribution in [-0.2, 0) is 0 Å². The molecule has 5 heteroatoms. The molecule has 0 saturated heterocycles. The Morgan fingerprint density at radius 1 is 0.320 bits per heavy atom. The molecular formula is C45H27N3O2. The van der Waals surface area contributed by atoms with Gasteiger partial charge in [0.2, 0.25) is 0 Å². The third kappa shape index (κ3) is 4.67. The van der Waals surface area contributed by atoms with Gasteiger partial charge < -0.3 is 8.83 Å². The molecule has 0 aliphatic carbocycles. The predicted octanol–water partition coefficient (Wildman–Crippen LogP) is 12.0.